The predicted octanol–water partition coefficient (Wildman–Crippen LogP) is 8.97. The molecule has 0 aromatic heterocycles. The van der Waals surface area contributed by atoms with Crippen LogP contribution in [0.25, 0.3) is 0 Å². The Morgan fingerprint density at radius 3 is 2.03 bits per heavy atom. The van der Waals surface area contributed by atoms with Gasteiger partial charge in [-0.3, -0.25) is 0 Å². The molecule has 1 aromatic carbocycles. The SMILES string of the molecule is CCCCCC1CCC(CCc2ccc(C3CCC(C#N)(CCC)CC3)cc2)CC1. The quantitative estimate of drug-likeness (QED) is 0.355. The molecule has 0 unspecified atom stereocenters. The highest BCUT2D eigenvalue weighted by molar-refractivity contribution is 5.26. The lowest BCUT2D eigenvalue weighted by atomic mass is 9.68. The van der Waals surface area contributed by atoms with Gasteiger partial charge in [0.05, 0.1) is 11.5 Å². The molecule has 0 amide bonds. The number of nitriles is 1. The van der Waals surface area contributed by atoms with Crippen molar-refractivity contribution in [3.05, 3.63) is 35.4 Å². The molecule has 0 bridgehead atoms. The van der Waals surface area contributed by atoms with E-state index < -0.39 is 0 Å². The smallest absolute Gasteiger partial charge is 0.0689 e. The van der Waals surface area contributed by atoms with Crippen LogP contribution < -0.4 is 0 Å². The van der Waals surface area contributed by atoms with Crippen LogP contribution in [0.5, 0.6) is 0 Å². The van der Waals surface area contributed by atoms with Crippen LogP contribution in [-0.2, 0) is 6.42 Å². The molecule has 166 valence electrons. The first-order valence-electron chi connectivity index (χ1n) is 13.2. The van der Waals surface area contributed by atoms with Crippen molar-refractivity contribution in [1.29, 1.82) is 5.26 Å². The van der Waals surface area contributed by atoms with Crippen molar-refractivity contribution < 1.29 is 0 Å². The largest absolute Gasteiger partial charge is 0.198 e. The van der Waals surface area contributed by atoms with Crippen LogP contribution in [-0.4, -0.2) is 0 Å². The summed E-state index contributed by atoms with van der Waals surface area (Å²) in [6.45, 7) is 4.52. The third-order valence-corrected chi connectivity index (χ3v) is 8.38. The fourth-order valence-electron chi connectivity index (χ4n) is 6.22. The third kappa shape index (κ3) is 6.60. The zero-order valence-electron chi connectivity index (χ0n) is 19.8. The van der Waals surface area contributed by atoms with E-state index in [4.69, 9.17) is 0 Å². The fraction of sp³-hybridized carbons (Fsp3) is 0.759. The molecular weight excluding hydrogens is 362 g/mol. The van der Waals surface area contributed by atoms with Crippen LogP contribution in [0.4, 0.5) is 0 Å². The van der Waals surface area contributed by atoms with Crippen LogP contribution >= 0.6 is 0 Å². The molecule has 0 saturated heterocycles. The number of unbranched alkanes of at least 4 members (excludes halogenated alkanes) is 2. The maximum Gasteiger partial charge on any atom is 0.0689 e. The number of benzene rings is 1. The van der Waals surface area contributed by atoms with Crippen molar-refractivity contribution in [3.8, 4) is 6.07 Å². The average molecular weight is 408 g/mol. The molecule has 30 heavy (non-hydrogen) atoms. The van der Waals surface area contributed by atoms with Crippen molar-refractivity contribution in [2.45, 2.75) is 122 Å². The van der Waals surface area contributed by atoms with Crippen molar-refractivity contribution in [2.24, 2.45) is 17.3 Å². The van der Waals surface area contributed by atoms with E-state index in [1.165, 1.54) is 88.2 Å². The average Bonchev–Trinajstić information content (AvgIpc) is 2.80. The van der Waals surface area contributed by atoms with E-state index in [9.17, 15) is 5.26 Å². The summed E-state index contributed by atoms with van der Waals surface area (Å²) in [7, 11) is 0. The van der Waals surface area contributed by atoms with E-state index in [2.05, 4.69) is 44.2 Å². The van der Waals surface area contributed by atoms with Gasteiger partial charge in [-0.2, -0.15) is 5.26 Å². The number of nitrogens with zero attached hydrogens (tertiary/aromatic N) is 1. The minimum Gasteiger partial charge on any atom is -0.198 e. The van der Waals surface area contributed by atoms with Gasteiger partial charge >= 0.3 is 0 Å². The summed E-state index contributed by atoms with van der Waals surface area (Å²) in [5, 5.41) is 9.65. The second-order valence-corrected chi connectivity index (χ2v) is 10.6. The van der Waals surface area contributed by atoms with E-state index >= 15 is 0 Å². The van der Waals surface area contributed by atoms with Gasteiger partial charge in [-0.1, -0.05) is 95.9 Å². The Morgan fingerprint density at radius 2 is 1.47 bits per heavy atom. The van der Waals surface area contributed by atoms with Gasteiger partial charge in [0.15, 0.2) is 0 Å². The number of aryl methyl sites for hydroxylation is 1. The van der Waals surface area contributed by atoms with Gasteiger partial charge in [0.2, 0.25) is 0 Å². The monoisotopic (exact) mass is 407 g/mol. The van der Waals surface area contributed by atoms with Crippen LogP contribution in [0.3, 0.4) is 0 Å². The molecule has 2 fully saturated rings. The lowest BCUT2D eigenvalue weighted by molar-refractivity contribution is 0.228. The van der Waals surface area contributed by atoms with E-state index in [-0.39, 0.29) is 5.41 Å². The van der Waals surface area contributed by atoms with Gasteiger partial charge in [0, 0.05) is 0 Å². The summed E-state index contributed by atoms with van der Waals surface area (Å²) in [6.07, 6.45) is 21.0. The summed E-state index contributed by atoms with van der Waals surface area (Å²) >= 11 is 0. The van der Waals surface area contributed by atoms with Crippen molar-refractivity contribution in [2.75, 3.05) is 0 Å². The molecule has 1 heteroatoms. The molecule has 0 N–H and O–H groups in total. The molecule has 0 spiro atoms. The number of hydrogen-bond donors (Lipinski definition) is 0. The van der Waals surface area contributed by atoms with E-state index in [1.807, 2.05) is 0 Å². The molecule has 3 rings (SSSR count). The van der Waals surface area contributed by atoms with E-state index in [1.54, 1.807) is 0 Å². The summed E-state index contributed by atoms with van der Waals surface area (Å²) in [5.74, 6) is 2.66. The lowest BCUT2D eigenvalue weighted by Crippen LogP contribution is -2.25. The Balaban J connectivity index is 1.39. The first-order chi connectivity index (χ1) is 14.7. The van der Waals surface area contributed by atoms with Gasteiger partial charge in [0.25, 0.3) is 0 Å². The van der Waals surface area contributed by atoms with Crippen LogP contribution in [0.2, 0.25) is 0 Å². The minimum atomic E-state index is -0.0276. The first kappa shape index (κ1) is 23.4. The Kier molecular flexibility index (Phi) is 9.29. The Hall–Kier alpha value is -1.29. The van der Waals surface area contributed by atoms with Gasteiger partial charge in [-0.05, 0) is 73.8 Å². The summed E-state index contributed by atoms with van der Waals surface area (Å²) in [6, 6.07) is 12.2. The third-order valence-electron chi connectivity index (χ3n) is 8.38. The van der Waals surface area contributed by atoms with Gasteiger partial charge in [-0.25, -0.2) is 0 Å². The second kappa shape index (κ2) is 11.9. The van der Waals surface area contributed by atoms with E-state index in [0.717, 1.165) is 37.5 Å². The maximum atomic E-state index is 9.65. The second-order valence-electron chi connectivity index (χ2n) is 10.6. The lowest BCUT2D eigenvalue weighted by Gasteiger charge is -2.35. The topological polar surface area (TPSA) is 23.8 Å². The zero-order chi connectivity index (χ0) is 21.2. The van der Waals surface area contributed by atoms with Gasteiger partial charge in [-0.15, -0.1) is 0 Å². The summed E-state index contributed by atoms with van der Waals surface area (Å²) in [5.41, 5.74) is 3.01. The highest BCUT2D eigenvalue weighted by Crippen LogP contribution is 2.45. The maximum absolute atomic E-state index is 9.65. The molecule has 2 aliphatic rings. The molecule has 0 aliphatic heterocycles. The zero-order valence-corrected chi connectivity index (χ0v) is 19.8. The normalized spacial score (nSPS) is 29.4. The highest BCUT2D eigenvalue weighted by atomic mass is 14.4. The molecule has 1 nitrogen and oxygen atoms in total. The first-order valence-corrected chi connectivity index (χ1v) is 13.2. The van der Waals surface area contributed by atoms with Crippen molar-refractivity contribution >= 4 is 0 Å². The molecule has 0 radical (unpaired) electrons. The number of hydrogen-bond acceptors (Lipinski definition) is 1. The molecular formula is C29H45N. The Bertz CT molecular complexity index is 636. The highest BCUT2D eigenvalue weighted by Gasteiger charge is 2.35. The molecule has 2 aliphatic carbocycles. The molecule has 0 heterocycles. The van der Waals surface area contributed by atoms with Crippen molar-refractivity contribution in [3.63, 3.8) is 0 Å². The molecule has 0 atom stereocenters. The fourth-order valence-corrected chi connectivity index (χ4v) is 6.22. The van der Waals surface area contributed by atoms with Gasteiger partial charge in [0.1, 0.15) is 0 Å². The summed E-state index contributed by atoms with van der Waals surface area (Å²) < 4.78 is 0. The molecule has 1 aromatic rings. The standard InChI is InChI=1S/C29H45N/c1-3-5-6-7-24-8-10-25(11-9-24)12-13-26-14-16-27(17-15-26)28-18-21-29(23-30,20-4-2)22-19-28/h14-17,24-25,28H,3-13,18-22H2,1-2H3. The van der Waals surface area contributed by atoms with E-state index in [0.29, 0.717) is 5.92 Å². The molecule has 2 saturated carbocycles. The predicted molar refractivity (Wildman–Crippen MR) is 129 cm³/mol. The van der Waals surface area contributed by atoms with Crippen molar-refractivity contribution in [1.82, 2.24) is 0 Å². The van der Waals surface area contributed by atoms with Gasteiger partial charge < -0.3 is 0 Å². The Morgan fingerprint density at radius 1 is 0.833 bits per heavy atom. The van der Waals surface area contributed by atoms with Crippen LogP contribution in [0.15, 0.2) is 24.3 Å². The minimum absolute atomic E-state index is 0.0276. The van der Waals surface area contributed by atoms with Crippen LogP contribution in [0, 0.1) is 28.6 Å². The summed E-state index contributed by atoms with van der Waals surface area (Å²) in [4.78, 5) is 0. The number of rotatable bonds is 10. The Labute approximate surface area is 186 Å². The van der Waals surface area contributed by atoms with Crippen LogP contribution in [0.1, 0.15) is 127 Å².